The first-order valence-corrected chi connectivity index (χ1v) is 11.0. The zero-order valence-corrected chi connectivity index (χ0v) is 16.0. The van der Waals surface area contributed by atoms with E-state index in [0.29, 0.717) is 13.1 Å². The molecule has 142 valence electrons. The summed E-state index contributed by atoms with van der Waals surface area (Å²) in [5.41, 5.74) is 0.613. The van der Waals surface area contributed by atoms with Gasteiger partial charge in [-0.2, -0.15) is 0 Å². The number of nitrogens with one attached hydrogen (secondary N) is 1. The van der Waals surface area contributed by atoms with Gasteiger partial charge in [0, 0.05) is 57.1 Å². The van der Waals surface area contributed by atoms with Crippen molar-refractivity contribution in [3.05, 3.63) is 30.1 Å². The van der Waals surface area contributed by atoms with Gasteiger partial charge in [-0.25, -0.2) is 12.7 Å². The molecule has 4 heterocycles. The molecule has 1 atom stereocenters. The second kappa shape index (κ2) is 6.28. The van der Waals surface area contributed by atoms with Crippen molar-refractivity contribution >= 4 is 15.9 Å². The molecule has 0 unspecified atom stereocenters. The summed E-state index contributed by atoms with van der Waals surface area (Å²) in [4.78, 5) is 19.4. The quantitative estimate of drug-likeness (QED) is 0.826. The van der Waals surface area contributed by atoms with Crippen molar-refractivity contribution in [2.24, 2.45) is 10.8 Å². The Bertz CT molecular complexity index is 790. The minimum Gasteiger partial charge on any atom is -0.356 e. The third-order valence-corrected chi connectivity index (χ3v) is 7.89. The first kappa shape index (κ1) is 17.9. The fourth-order valence-electron chi connectivity index (χ4n) is 5.26. The van der Waals surface area contributed by atoms with E-state index >= 15 is 0 Å². The molecule has 26 heavy (non-hydrogen) atoms. The van der Waals surface area contributed by atoms with Crippen molar-refractivity contribution in [3.63, 3.8) is 0 Å². The van der Waals surface area contributed by atoms with Crippen LogP contribution in [0.3, 0.4) is 0 Å². The molecule has 2 spiro atoms. The van der Waals surface area contributed by atoms with Gasteiger partial charge in [-0.1, -0.05) is 6.07 Å². The molecule has 1 amide bonds. The first-order chi connectivity index (χ1) is 12.3. The molecule has 7 nitrogen and oxygen atoms in total. The number of amides is 1. The molecular formula is C18H26N4O3S. The summed E-state index contributed by atoms with van der Waals surface area (Å²) in [5.74, 6) is 0.152. The van der Waals surface area contributed by atoms with Crippen molar-refractivity contribution in [2.45, 2.75) is 25.8 Å². The third kappa shape index (κ3) is 2.84. The topological polar surface area (TPSA) is 82.6 Å². The number of sulfonamides is 1. The fourth-order valence-corrected chi connectivity index (χ4v) is 6.10. The number of pyridine rings is 1. The normalized spacial score (nSPS) is 29.5. The first-order valence-electron chi connectivity index (χ1n) is 9.19. The summed E-state index contributed by atoms with van der Waals surface area (Å²) in [7, 11) is -3.17. The van der Waals surface area contributed by atoms with Gasteiger partial charge in [-0.05, 0) is 30.9 Å². The van der Waals surface area contributed by atoms with Crippen LogP contribution in [-0.4, -0.2) is 67.5 Å². The second-order valence-corrected chi connectivity index (χ2v) is 10.0. The van der Waals surface area contributed by atoms with E-state index in [9.17, 15) is 13.2 Å². The average molecular weight is 378 g/mol. The van der Waals surface area contributed by atoms with E-state index in [1.165, 1.54) is 6.26 Å². The van der Waals surface area contributed by atoms with Crippen LogP contribution in [-0.2, 0) is 21.4 Å². The highest BCUT2D eigenvalue weighted by atomic mass is 32.2. The number of nitrogens with zero attached hydrogens (tertiary/aromatic N) is 3. The maximum absolute atomic E-state index is 12.9. The standard InChI is InChI=1S/C18H26N4O3S/c1-26(24,25)22-9-5-17(6-10-22)13-21(12-15-3-2-7-19-11-15)14-18(17)4-8-20-16(18)23/h2-3,7,11H,4-6,8-10,12-14H2,1H3,(H,20,23)/t18-/m1/s1. The number of piperidine rings is 1. The molecule has 0 saturated carbocycles. The molecule has 0 radical (unpaired) electrons. The van der Waals surface area contributed by atoms with Crippen LogP contribution in [0.2, 0.25) is 0 Å². The molecule has 3 aliphatic heterocycles. The summed E-state index contributed by atoms with van der Waals surface area (Å²) >= 11 is 0. The maximum Gasteiger partial charge on any atom is 0.228 e. The van der Waals surface area contributed by atoms with Crippen LogP contribution in [0, 0.1) is 10.8 Å². The predicted molar refractivity (Wildman–Crippen MR) is 97.7 cm³/mol. The Morgan fingerprint density at radius 2 is 2.00 bits per heavy atom. The number of carbonyl (C=O) groups is 1. The van der Waals surface area contributed by atoms with Crippen LogP contribution in [0.4, 0.5) is 0 Å². The van der Waals surface area contributed by atoms with E-state index in [-0.39, 0.29) is 11.3 Å². The summed E-state index contributed by atoms with van der Waals surface area (Å²) in [6.45, 7) is 4.10. The van der Waals surface area contributed by atoms with Crippen molar-refractivity contribution in [1.29, 1.82) is 0 Å². The van der Waals surface area contributed by atoms with Gasteiger partial charge in [0.1, 0.15) is 0 Å². The van der Waals surface area contributed by atoms with E-state index in [4.69, 9.17) is 0 Å². The summed E-state index contributed by atoms with van der Waals surface area (Å²) in [5, 5.41) is 3.04. The zero-order valence-electron chi connectivity index (χ0n) is 15.1. The number of hydrogen-bond acceptors (Lipinski definition) is 5. The fraction of sp³-hybridized carbons (Fsp3) is 0.667. The minimum absolute atomic E-state index is 0.142. The molecular weight excluding hydrogens is 352 g/mol. The molecule has 3 fully saturated rings. The molecule has 0 aromatic carbocycles. The smallest absolute Gasteiger partial charge is 0.228 e. The van der Waals surface area contributed by atoms with Crippen LogP contribution in [0.1, 0.15) is 24.8 Å². The van der Waals surface area contributed by atoms with Gasteiger partial charge in [0.15, 0.2) is 0 Å². The molecule has 8 heteroatoms. The highest BCUT2D eigenvalue weighted by Crippen LogP contribution is 2.56. The minimum atomic E-state index is -3.17. The van der Waals surface area contributed by atoms with Crippen LogP contribution in [0.5, 0.6) is 0 Å². The molecule has 1 N–H and O–H groups in total. The summed E-state index contributed by atoms with van der Waals surface area (Å²) in [6, 6.07) is 4.00. The lowest BCUT2D eigenvalue weighted by Crippen LogP contribution is -2.53. The van der Waals surface area contributed by atoms with Crippen LogP contribution >= 0.6 is 0 Å². The Labute approximate surface area is 154 Å². The van der Waals surface area contributed by atoms with Crippen LogP contribution in [0.15, 0.2) is 24.5 Å². The largest absolute Gasteiger partial charge is 0.356 e. The zero-order chi connectivity index (χ0) is 18.4. The van der Waals surface area contributed by atoms with Crippen LogP contribution in [0.25, 0.3) is 0 Å². The second-order valence-electron chi connectivity index (χ2n) is 8.04. The van der Waals surface area contributed by atoms with Gasteiger partial charge in [-0.3, -0.25) is 14.7 Å². The Morgan fingerprint density at radius 3 is 2.58 bits per heavy atom. The van der Waals surface area contributed by atoms with E-state index in [1.807, 2.05) is 12.3 Å². The Morgan fingerprint density at radius 1 is 1.23 bits per heavy atom. The Kier molecular flexibility index (Phi) is 4.32. The molecule has 0 aliphatic carbocycles. The van der Waals surface area contributed by atoms with Gasteiger partial charge < -0.3 is 5.32 Å². The molecule has 3 saturated heterocycles. The monoisotopic (exact) mass is 378 g/mol. The molecule has 1 aromatic rings. The van der Waals surface area contributed by atoms with Gasteiger partial charge in [0.25, 0.3) is 0 Å². The van der Waals surface area contributed by atoms with E-state index < -0.39 is 15.4 Å². The predicted octanol–water partition coefficient (Wildman–Crippen LogP) is 0.445. The number of rotatable bonds is 3. The van der Waals surface area contributed by atoms with E-state index in [2.05, 4.69) is 21.3 Å². The van der Waals surface area contributed by atoms with Gasteiger partial charge in [0.05, 0.1) is 11.7 Å². The molecule has 4 rings (SSSR count). The lowest BCUT2D eigenvalue weighted by molar-refractivity contribution is -0.133. The molecule has 0 bridgehead atoms. The van der Waals surface area contributed by atoms with E-state index in [0.717, 1.165) is 51.0 Å². The van der Waals surface area contributed by atoms with Crippen molar-refractivity contribution < 1.29 is 13.2 Å². The number of aromatic nitrogens is 1. The lowest BCUT2D eigenvalue weighted by Gasteiger charge is -2.46. The number of fused-ring (bicyclic) bond motifs is 1. The Hall–Kier alpha value is -1.51. The highest BCUT2D eigenvalue weighted by molar-refractivity contribution is 7.88. The summed E-state index contributed by atoms with van der Waals surface area (Å²) < 4.78 is 25.4. The average Bonchev–Trinajstić information content (AvgIpc) is 3.10. The summed E-state index contributed by atoms with van der Waals surface area (Å²) in [6.07, 6.45) is 7.25. The van der Waals surface area contributed by atoms with Gasteiger partial charge in [0.2, 0.25) is 15.9 Å². The van der Waals surface area contributed by atoms with Gasteiger partial charge >= 0.3 is 0 Å². The number of likely N-dealkylation sites (tertiary alicyclic amines) is 1. The molecule has 1 aromatic heterocycles. The van der Waals surface area contributed by atoms with Crippen molar-refractivity contribution in [3.8, 4) is 0 Å². The Balaban J connectivity index is 1.59. The highest BCUT2D eigenvalue weighted by Gasteiger charge is 2.63. The third-order valence-electron chi connectivity index (χ3n) is 6.58. The van der Waals surface area contributed by atoms with Crippen molar-refractivity contribution in [1.82, 2.24) is 19.5 Å². The SMILES string of the molecule is CS(=O)(=O)N1CCC2(CC1)CN(Cc1cccnc1)C[C@@]21CCNC1=O. The van der Waals surface area contributed by atoms with E-state index in [1.54, 1.807) is 10.5 Å². The molecule has 3 aliphatic rings. The van der Waals surface area contributed by atoms with Crippen molar-refractivity contribution in [2.75, 3.05) is 39.0 Å². The lowest BCUT2D eigenvalue weighted by atomic mass is 9.60. The van der Waals surface area contributed by atoms with Gasteiger partial charge in [-0.15, -0.1) is 0 Å². The van der Waals surface area contributed by atoms with Crippen LogP contribution < -0.4 is 5.32 Å². The maximum atomic E-state index is 12.9. The number of carbonyl (C=O) groups excluding carboxylic acids is 1. The number of hydrogen-bond donors (Lipinski definition) is 1.